The van der Waals surface area contributed by atoms with E-state index in [0.29, 0.717) is 42.1 Å². The minimum absolute atomic E-state index is 0.0984. The van der Waals surface area contributed by atoms with Crippen LogP contribution < -0.4 is 0 Å². The minimum atomic E-state index is -4.49. The topological polar surface area (TPSA) is 85.1 Å². The van der Waals surface area contributed by atoms with Gasteiger partial charge in [0.2, 0.25) is 10.0 Å². The van der Waals surface area contributed by atoms with Crippen molar-refractivity contribution < 1.29 is 26.7 Å². The number of β-amino-alcohol motifs (C(OH)–C–C–N with tert-alkyl or cyclic N) is 1. The summed E-state index contributed by atoms with van der Waals surface area (Å²) in [6.07, 6.45) is 2.42. The summed E-state index contributed by atoms with van der Waals surface area (Å²) in [5.74, 6) is 0.544. The van der Waals surface area contributed by atoms with E-state index in [0.717, 1.165) is 76.5 Å². The molecule has 0 spiro atoms. The molecular formula is C31H45F3N6O3S2. The number of thioether (sulfide) groups is 1. The average Bonchev–Trinajstić information content (AvgIpc) is 3.79. The number of fused-ring (bicyclic) bond motifs is 1. The lowest BCUT2D eigenvalue weighted by Crippen LogP contribution is -2.49. The number of hydrogen-bond donors (Lipinski definition) is 1. The highest BCUT2D eigenvalue weighted by Crippen LogP contribution is 2.40. The molecule has 2 aromatic rings. The van der Waals surface area contributed by atoms with E-state index in [4.69, 9.17) is 5.10 Å². The molecular weight excluding hydrogens is 626 g/mol. The van der Waals surface area contributed by atoms with Gasteiger partial charge in [-0.15, -0.1) is 11.8 Å². The molecule has 1 atom stereocenters. The molecule has 2 saturated heterocycles. The van der Waals surface area contributed by atoms with Gasteiger partial charge in [-0.05, 0) is 50.9 Å². The Kier molecular flexibility index (Phi) is 10.2. The van der Waals surface area contributed by atoms with Crippen LogP contribution in [0.1, 0.15) is 48.9 Å². The summed E-state index contributed by atoms with van der Waals surface area (Å²) in [5.41, 5.74) is 1.87. The van der Waals surface area contributed by atoms with E-state index in [1.54, 1.807) is 10.7 Å². The number of piperazine rings is 1. The Hall–Kier alpha value is -1.68. The van der Waals surface area contributed by atoms with Gasteiger partial charge in [-0.1, -0.05) is 12.5 Å². The molecule has 250 valence electrons. The Morgan fingerprint density at radius 3 is 2.40 bits per heavy atom. The maximum atomic E-state index is 14.1. The van der Waals surface area contributed by atoms with Gasteiger partial charge >= 0.3 is 6.18 Å². The number of aliphatic hydroxyl groups excluding tert-OH is 1. The standard InChI is InChI=1S/C31H45F3N6O3S2/c1-45(42,43)39-12-9-28-26(22-39)30(35-40(28)21-25(41)20-37-13-15-38(16-14-37)24-6-7-24)23-5-8-27(31(32,33)34)29(19-23)44-18-17-36-10-3-2-4-11-36/h5,8,19,24-25,41H,2-4,6-7,9-18,20-22H2,1H3. The molecule has 4 heterocycles. The Bertz CT molecular complexity index is 1430. The molecule has 6 rings (SSSR count). The van der Waals surface area contributed by atoms with Crippen LogP contribution in [0.2, 0.25) is 0 Å². The van der Waals surface area contributed by atoms with Gasteiger partial charge < -0.3 is 10.0 Å². The van der Waals surface area contributed by atoms with E-state index in [1.165, 1.54) is 47.7 Å². The van der Waals surface area contributed by atoms with Crippen LogP contribution in [0.15, 0.2) is 23.1 Å². The SMILES string of the molecule is CS(=O)(=O)N1CCc2c(c(-c3ccc(C(F)(F)F)c(SCCN4CCCCC4)c3)nn2CC(O)CN2CCN(C3CC3)CC2)C1. The molecule has 0 amide bonds. The summed E-state index contributed by atoms with van der Waals surface area (Å²) in [6.45, 7) is 7.66. The first-order valence-corrected chi connectivity index (χ1v) is 19.0. The number of rotatable bonds is 11. The highest BCUT2D eigenvalue weighted by Gasteiger charge is 2.36. The van der Waals surface area contributed by atoms with E-state index in [9.17, 15) is 26.7 Å². The minimum Gasteiger partial charge on any atom is -0.390 e. The van der Waals surface area contributed by atoms with Crippen LogP contribution in [0, 0.1) is 0 Å². The molecule has 1 aliphatic carbocycles. The van der Waals surface area contributed by atoms with Gasteiger partial charge in [-0.2, -0.15) is 22.6 Å². The van der Waals surface area contributed by atoms with Gasteiger partial charge in [0, 0.05) is 92.3 Å². The van der Waals surface area contributed by atoms with Crippen molar-refractivity contribution in [1.82, 2.24) is 28.8 Å². The van der Waals surface area contributed by atoms with E-state index >= 15 is 0 Å². The zero-order chi connectivity index (χ0) is 31.8. The summed E-state index contributed by atoms with van der Waals surface area (Å²) in [6, 6.07) is 4.86. The van der Waals surface area contributed by atoms with Crippen molar-refractivity contribution in [3.8, 4) is 11.3 Å². The second-order valence-corrected chi connectivity index (χ2v) is 16.1. The number of sulfonamides is 1. The maximum absolute atomic E-state index is 14.1. The second kappa shape index (κ2) is 13.8. The van der Waals surface area contributed by atoms with Gasteiger partial charge in [0.05, 0.1) is 30.2 Å². The number of halogens is 3. The Morgan fingerprint density at radius 1 is 1.00 bits per heavy atom. The quantitative estimate of drug-likeness (QED) is 0.364. The Balaban J connectivity index is 1.23. The highest BCUT2D eigenvalue weighted by molar-refractivity contribution is 7.99. The Morgan fingerprint density at radius 2 is 1.73 bits per heavy atom. The highest BCUT2D eigenvalue weighted by atomic mass is 32.2. The second-order valence-electron chi connectivity index (χ2n) is 13.0. The van der Waals surface area contributed by atoms with Crippen molar-refractivity contribution in [2.45, 2.75) is 74.8 Å². The third-order valence-electron chi connectivity index (χ3n) is 9.56. The molecule has 1 aromatic heterocycles. The van der Waals surface area contributed by atoms with E-state index in [-0.39, 0.29) is 18.0 Å². The lowest BCUT2D eigenvalue weighted by atomic mass is 10.0. The fraction of sp³-hybridized carbons (Fsp3) is 0.710. The number of aromatic nitrogens is 2. The van der Waals surface area contributed by atoms with Gasteiger partial charge in [0.15, 0.2) is 0 Å². The first-order chi connectivity index (χ1) is 21.5. The van der Waals surface area contributed by atoms with Crippen LogP contribution in [0.25, 0.3) is 11.3 Å². The third kappa shape index (κ3) is 8.25. The van der Waals surface area contributed by atoms with E-state index in [2.05, 4.69) is 14.7 Å². The van der Waals surface area contributed by atoms with Crippen molar-refractivity contribution in [3.05, 3.63) is 35.0 Å². The molecule has 1 N–H and O–H groups in total. The molecule has 45 heavy (non-hydrogen) atoms. The van der Waals surface area contributed by atoms with Gasteiger partial charge in [-0.3, -0.25) is 14.5 Å². The van der Waals surface area contributed by atoms with E-state index < -0.39 is 27.9 Å². The van der Waals surface area contributed by atoms with Gasteiger partial charge in [0.25, 0.3) is 0 Å². The van der Waals surface area contributed by atoms with Crippen LogP contribution in [-0.2, 0) is 35.7 Å². The Labute approximate surface area is 268 Å². The molecule has 1 aromatic carbocycles. The lowest BCUT2D eigenvalue weighted by Gasteiger charge is -2.35. The van der Waals surface area contributed by atoms with E-state index in [1.807, 2.05) is 0 Å². The molecule has 3 fully saturated rings. The average molecular weight is 671 g/mol. The van der Waals surface area contributed by atoms with Crippen LogP contribution >= 0.6 is 11.8 Å². The first-order valence-electron chi connectivity index (χ1n) is 16.2. The number of nitrogens with zero attached hydrogens (tertiary/aromatic N) is 6. The molecule has 0 bridgehead atoms. The molecule has 14 heteroatoms. The molecule has 1 saturated carbocycles. The third-order valence-corrected chi connectivity index (χ3v) is 11.9. The summed E-state index contributed by atoms with van der Waals surface area (Å²) in [5, 5.41) is 16.0. The maximum Gasteiger partial charge on any atom is 0.417 e. The fourth-order valence-electron chi connectivity index (χ4n) is 6.93. The number of benzene rings is 1. The smallest absolute Gasteiger partial charge is 0.390 e. The summed E-state index contributed by atoms with van der Waals surface area (Å²) in [4.78, 5) is 7.26. The molecule has 4 aliphatic rings. The van der Waals surface area contributed by atoms with Crippen molar-refractivity contribution in [2.75, 3.05) is 70.9 Å². The van der Waals surface area contributed by atoms with Crippen molar-refractivity contribution in [1.29, 1.82) is 0 Å². The monoisotopic (exact) mass is 670 g/mol. The lowest BCUT2D eigenvalue weighted by molar-refractivity contribution is -0.139. The van der Waals surface area contributed by atoms with Crippen LogP contribution in [0.5, 0.6) is 0 Å². The molecule has 3 aliphatic heterocycles. The molecule has 9 nitrogen and oxygen atoms in total. The number of aliphatic hydroxyl groups is 1. The summed E-state index contributed by atoms with van der Waals surface area (Å²) in [7, 11) is -3.49. The van der Waals surface area contributed by atoms with Gasteiger partial charge in [0.1, 0.15) is 0 Å². The number of alkyl halides is 3. The molecule has 1 unspecified atom stereocenters. The normalized spacial score (nSPS) is 22.1. The summed E-state index contributed by atoms with van der Waals surface area (Å²) >= 11 is 1.21. The van der Waals surface area contributed by atoms with Crippen molar-refractivity contribution in [2.24, 2.45) is 0 Å². The number of likely N-dealkylation sites (tertiary alicyclic amines) is 1. The van der Waals surface area contributed by atoms with Gasteiger partial charge in [-0.25, -0.2) is 8.42 Å². The molecule has 0 radical (unpaired) electrons. The van der Waals surface area contributed by atoms with Crippen LogP contribution in [0.3, 0.4) is 0 Å². The van der Waals surface area contributed by atoms with Crippen LogP contribution in [0.4, 0.5) is 13.2 Å². The first kappa shape index (κ1) is 33.2. The largest absolute Gasteiger partial charge is 0.417 e. The number of hydrogen-bond acceptors (Lipinski definition) is 8. The zero-order valence-corrected chi connectivity index (χ0v) is 27.6. The number of piperidine rings is 1. The predicted molar refractivity (Wildman–Crippen MR) is 170 cm³/mol. The van der Waals surface area contributed by atoms with Crippen molar-refractivity contribution in [3.63, 3.8) is 0 Å². The predicted octanol–water partition coefficient (Wildman–Crippen LogP) is 3.61. The van der Waals surface area contributed by atoms with Crippen LogP contribution in [-0.4, -0.2) is 125 Å². The zero-order valence-electron chi connectivity index (χ0n) is 26.0. The summed E-state index contributed by atoms with van der Waals surface area (Å²) < 4.78 is 70.4. The van der Waals surface area contributed by atoms with Crippen molar-refractivity contribution >= 4 is 21.8 Å². The fourth-order valence-corrected chi connectivity index (χ4v) is 8.83.